The Morgan fingerprint density at radius 2 is 2.00 bits per heavy atom. The van der Waals surface area contributed by atoms with Crippen LogP contribution < -0.4 is 14.8 Å². The van der Waals surface area contributed by atoms with Gasteiger partial charge in [0.15, 0.2) is 0 Å². The average molecular weight is 235 g/mol. The van der Waals surface area contributed by atoms with Crippen LogP contribution in [0.2, 0.25) is 0 Å². The molecule has 0 aliphatic carbocycles. The van der Waals surface area contributed by atoms with Crippen molar-refractivity contribution < 1.29 is 9.47 Å². The molecular weight excluding hydrogens is 214 g/mol. The molecule has 94 valence electrons. The predicted molar refractivity (Wildman–Crippen MR) is 68.9 cm³/mol. The van der Waals surface area contributed by atoms with E-state index >= 15 is 0 Å². The Labute approximate surface area is 103 Å². The molecule has 0 amide bonds. The first-order valence-electron chi connectivity index (χ1n) is 6.22. The second kappa shape index (κ2) is 5.41. The molecule has 3 nitrogen and oxygen atoms in total. The fourth-order valence-corrected chi connectivity index (χ4v) is 2.49. The minimum Gasteiger partial charge on any atom is -0.497 e. The van der Waals surface area contributed by atoms with E-state index in [0.717, 1.165) is 18.0 Å². The molecule has 3 heteroatoms. The van der Waals surface area contributed by atoms with Gasteiger partial charge in [0, 0.05) is 12.1 Å². The number of hydrogen-bond donors (Lipinski definition) is 1. The van der Waals surface area contributed by atoms with Crippen LogP contribution in [0.3, 0.4) is 0 Å². The Bertz CT molecular complexity index is 384. The molecule has 1 aromatic rings. The third-order valence-electron chi connectivity index (χ3n) is 3.52. The fourth-order valence-electron chi connectivity index (χ4n) is 2.49. The third kappa shape index (κ3) is 2.55. The summed E-state index contributed by atoms with van der Waals surface area (Å²) in [6.45, 7) is 3.22. The Morgan fingerprint density at radius 1 is 1.18 bits per heavy atom. The van der Waals surface area contributed by atoms with Crippen molar-refractivity contribution in [1.82, 2.24) is 5.32 Å². The number of methoxy groups -OCH3 is 2. The molecule has 2 rings (SSSR count). The first kappa shape index (κ1) is 12.2. The summed E-state index contributed by atoms with van der Waals surface area (Å²) in [5.41, 5.74) is 2.52. The Kier molecular flexibility index (Phi) is 3.89. The van der Waals surface area contributed by atoms with Gasteiger partial charge in [0.1, 0.15) is 11.5 Å². The molecule has 1 heterocycles. The van der Waals surface area contributed by atoms with Crippen LogP contribution in [0.1, 0.15) is 36.4 Å². The summed E-state index contributed by atoms with van der Waals surface area (Å²) in [4.78, 5) is 0. The van der Waals surface area contributed by atoms with Crippen LogP contribution in [0.4, 0.5) is 0 Å². The maximum Gasteiger partial charge on any atom is 0.125 e. The van der Waals surface area contributed by atoms with Crippen molar-refractivity contribution in [3.63, 3.8) is 0 Å². The molecule has 1 aliphatic rings. The van der Waals surface area contributed by atoms with E-state index in [-0.39, 0.29) is 0 Å². The lowest BCUT2D eigenvalue weighted by molar-refractivity contribution is 0.380. The van der Waals surface area contributed by atoms with E-state index in [1.807, 2.05) is 6.07 Å². The highest BCUT2D eigenvalue weighted by atomic mass is 16.5. The summed E-state index contributed by atoms with van der Waals surface area (Å²) in [6, 6.07) is 4.51. The molecule has 0 saturated carbocycles. The largest absolute Gasteiger partial charge is 0.497 e. The Balaban J connectivity index is 2.36. The average Bonchev–Trinajstić information content (AvgIpc) is 2.40. The molecule has 1 unspecified atom stereocenters. The monoisotopic (exact) mass is 235 g/mol. The molecule has 1 N–H and O–H groups in total. The molecule has 1 aromatic carbocycles. The van der Waals surface area contributed by atoms with Gasteiger partial charge in [-0.25, -0.2) is 0 Å². The van der Waals surface area contributed by atoms with Crippen LogP contribution in [0.5, 0.6) is 11.5 Å². The SMILES string of the molecule is COc1cc(OC)c(C)c(C2CCCCN2)c1. The summed E-state index contributed by atoms with van der Waals surface area (Å²) in [5.74, 6) is 1.78. The van der Waals surface area contributed by atoms with E-state index in [2.05, 4.69) is 18.3 Å². The zero-order valence-corrected chi connectivity index (χ0v) is 10.9. The van der Waals surface area contributed by atoms with Gasteiger partial charge in [-0.05, 0) is 43.5 Å². The van der Waals surface area contributed by atoms with Crippen LogP contribution in [0, 0.1) is 6.92 Å². The van der Waals surface area contributed by atoms with Crippen LogP contribution in [0.15, 0.2) is 12.1 Å². The molecule has 1 fully saturated rings. The second-order valence-electron chi connectivity index (χ2n) is 4.55. The van der Waals surface area contributed by atoms with Gasteiger partial charge in [-0.3, -0.25) is 0 Å². The van der Waals surface area contributed by atoms with Crippen molar-refractivity contribution in [2.24, 2.45) is 0 Å². The highest BCUT2D eigenvalue weighted by Gasteiger charge is 2.19. The van der Waals surface area contributed by atoms with Crippen molar-refractivity contribution in [1.29, 1.82) is 0 Å². The van der Waals surface area contributed by atoms with Gasteiger partial charge in [-0.2, -0.15) is 0 Å². The van der Waals surface area contributed by atoms with Crippen molar-refractivity contribution in [3.8, 4) is 11.5 Å². The first-order chi connectivity index (χ1) is 8.26. The number of benzene rings is 1. The third-order valence-corrected chi connectivity index (χ3v) is 3.52. The first-order valence-corrected chi connectivity index (χ1v) is 6.22. The maximum atomic E-state index is 5.41. The van der Waals surface area contributed by atoms with Crippen LogP contribution in [-0.2, 0) is 0 Å². The van der Waals surface area contributed by atoms with Gasteiger partial charge >= 0.3 is 0 Å². The number of rotatable bonds is 3. The number of nitrogens with one attached hydrogen (secondary N) is 1. The van der Waals surface area contributed by atoms with Gasteiger partial charge in [-0.1, -0.05) is 6.42 Å². The lowest BCUT2D eigenvalue weighted by Gasteiger charge is -2.26. The van der Waals surface area contributed by atoms with Crippen LogP contribution in [0.25, 0.3) is 0 Å². The zero-order valence-electron chi connectivity index (χ0n) is 10.9. The van der Waals surface area contributed by atoms with Gasteiger partial charge < -0.3 is 14.8 Å². The molecule has 1 atom stereocenters. The van der Waals surface area contributed by atoms with Crippen molar-refractivity contribution >= 4 is 0 Å². The molecular formula is C14H21NO2. The minimum atomic E-state index is 0.438. The van der Waals surface area contributed by atoms with Gasteiger partial charge in [0.05, 0.1) is 14.2 Å². The van der Waals surface area contributed by atoms with Crippen molar-refractivity contribution in [3.05, 3.63) is 23.3 Å². The number of hydrogen-bond acceptors (Lipinski definition) is 3. The standard InChI is InChI=1S/C14H21NO2/c1-10-12(13-6-4-5-7-15-13)8-11(16-2)9-14(10)17-3/h8-9,13,15H,4-7H2,1-3H3. The second-order valence-corrected chi connectivity index (χ2v) is 4.55. The summed E-state index contributed by atoms with van der Waals surface area (Å²) >= 11 is 0. The van der Waals surface area contributed by atoms with Crippen molar-refractivity contribution in [2.45, 2.75) is 32.2 Å². The fraction of sp³-hybridized carbons (Fsp3) is 0.571. The molecule has 0 bridgehead atoms. The summed E-state index contributed by atoms with van der Waals surface area (Å²) in [6.07, 6.45) is 3.75. The van der Waals surface area contributed by atoms with E-state index in [9.17, 15) is 0 Å². The van der Waals surface area contributed by atoms with E-state index in [1.54, 1.807) is 14.2 Å². The lowest BCUT2D eigenvalue weighted by Crippen LogP contribution is -2.27. The molecule has 17 heavy (non-hydrogen) atoms. The van der Waals surface area contributed by atoms with E-state index in [1.165, 1.54) is 30.4 Å². The van der Waals surface area contributed by atoms with Crippen LogP contribution in [-0.4, -0.2) is 20.8 Å². The smallest absolute Gasteiger partial charge is 0.125 e. The number of piperidine rings is 1. The number of ether oxygens (including phenoxy) is 2. The predicted octanol–water partition coefficient (Wildman–Crippen LogP) is 2.83. The highest BCUT2D eigenvalue weighted by Crippen LogP contribution is 2.34. The summed E-state index contributed by atoms with van der Waals surface area (Å²) in [7, 11) is 3.40. The van der Waals surface area contributed by atoms with E-state index in [0.29, 0.717) is 6.04 Å². The summed E-state index contributed by atoms with van der Waals surface area (Å²) in [5, 5.41) is 3.57. The maximum absolute atomic E-state index is 5.41. The lowest BCUT2D eigenvalue weighted by atomic mass is 9.93. The zero-order chi connectivity index (χ0) is 12.3. The molecule has 1 aliphatic heterocycles. The summed E-state index contributed by atoms with van der Waals surface area (Å²) < 4.78 is 10.7. The van der Waals surface area contributed by atoms with Crippen molar-refractivity contribution in [2.75, 3.05) is 20.8 Å². The quantitative estimate of drug-likeness (QED) is 0.874. The van der Waals surface area contributed by atoms with Gasteiger partial charge in [0.25, 0.3) is 0 Å². The topological polar surface area (TPSA) is 30.5 Å². The molecule has 1 saturated heterocycles. The van der Waals surface area contributed by atoms with Gasteiger partial charge in [0.2, 0.25) is 0 Å². The molecule has 0 spiro atoms. The minimum absolute atomic E-state index is 0.438. The molecule has 0 radical (unpaired) electrons. The van der Waals surface area contributed by atoms with Gasteiger partial charge in [-0.15, -0.1) is 0 Å². The highest BCUT2D eigenvalue weighted by molar-refractivity contribution is 5.47. The van der Waals surface area contributed by atoms with E-state index < -0.39 is 0 Å². The van der Waals surface area contributed by atoms with E-state index in [4.69, 9.17) is 9.47 Å². The molecule has 0 aromatic heterocycles. The normalized spacial score (nSPS) is 20.1. The Hall–Kier alpha value is -1.22. The van der Waals surface area contributed by atoms with Crippen LogP contribution >= 0.6 is 0 Å². The Morgan fingerprint density at radius 3 is 2.59 bits per heavy atom.